The Hall–Kier alpha value is -2.48. The predicted octanol–water partition coefficient (Wildman–Crippen LogP) is 2.83. The minimum absolute atomic E-state index is 0.0758. The van der Waals surface area contributed by atoms with Gasteiger partial charge in [-0.15, -0.1) is 12.8 Å². The van der Waals surface area contributed by atoms with E-state index in [2.05, 4.69) is 24.7 Å². The van der Waals surface area contributed by atoms with Crippen molar-refractivity contribution in [2.75, 3.05) is 0 Å². The van der Waals surface area contributed by atoms with Crippen LogP contribution in [0.2, 0.25) is 0 Å². The van der Waals surface area contributed by atoms with Gasteiger partial charge in [0.15, 0.2) is 0 Å². The average Bonchev–Trinajstić information content (AvgIpc) is 2.49. The van der Waals surface area contributed by atoms with Crippen LogP contribution in [0, 0.1) is 24.7 Å². The van der Waals surface area contributed by atoms with Gasteiger partial charge in [-0.25, -0.2) is 0 Å². The maximum absolute atomic E-state index is 8.90. The minimum atomic E-state index is 0.0758. The van der Waals surface area contributed by atoms with Crippen molar-refractivity contribution in [3.8, 4) is 24.7 Å². The highest BCUT2D eigenvalue weighted by Crippen LogP contribution is 2.03. The lowest BCUT2D eigenvalue weighted by atomic mass is 10.1. The van der Waals surface area contributed by atoms with Gasteiger partial charge < -0.3 is 5.11 Å². The summed E-state index contributed by atoms with van der Waals surface area (Å²) >= 11 is 0. The zero-order valence-electron chi connectivity index (χ0n) is 10.0. The summed E-state index contributed by atoms with van der Waals surface area (Å²) in [5.41, 5.74) is 2.88. The van der Waals surface area contributed by atoms with E-state index in [4.69, 9.17) is 5.11 Å². The number of aliphatic hydroxyl groups excluding tert-OH is 1. The number of benzene rings is 2. The second-order valence-electron chi connectivity index (χ2n) is 3.47. The molecule has 18 heavy (non-hydrogen) atoms. The molecular formula is C17H14O. The summed E-state index contributed by atoms with van der Waals surface area (Å²) in [5, 5.41) is 8.90. The fourth-order valence-electron chi connectivity index (χ4n) is 1.36. The maximum atomic E-state index is 8.90. The van der Waals surface area contributed by atoms with E-state index < -0.39 is 0 Å². The molecule has 0 atom stereocenters. The lowest BCUT2D eigenvalue weighted by molar-refractivity contribution is 0.282. The normalized spacial score (nSPS) is 8.39. The minimum Gasteiger partial charge on any atom is -0.392 e. The zero-order valence-corrected chi connectivity index (χ0v) is 10.0. The molecule has 0 unspecified atom stereocenters. The van der Waals surface area contributed by atoms with Gasteiger partial charge >= 0.3 is 0 Å². The Morgan fingerprint density at radius 1 is 0.778 bits per heavy atom. The van der Waals surface area contributed by atoms with Crippen LogP contribution in [0.25, 0.3) is 0 Å². The van der Waals surface area contributed by atoms with Gasteiger partial charge in [0.05, 0.1) is 6.61 Å². The van der Waals surface area contributed by atoms with E-state index in [1.807, 2.05) is 54.6 Å². The van der Waals surface area contributed by atoms with Crippen LogP contribution in [0.3, 0.4) is 0 Å². The molecule has 0 spiro atoms. The van der Waals surface area contributed by atoms with Crippen LogP contribution in [-0.2, 0) is 6.61 Å². The molecule has 1 heteroatoms. The summed E-state index contributed by atoms with van der Waals surface area (Å²) in [5.74, 6) is 6.17. The third-order valence-corrected chi connectivity index (χ3v) is 2.26. The Labute approximate surface area is 108 Å². The van der Waals surface area contributed by atoms with Crippen molar-refractivity contribution in [3.05, 3.63) is 71.3 Å². The van der Waals surface area contributed by atoms with Crippen LogP contribution in [0.1, 0.15) is 16.7 Å². The molecule has 0 saturated heterocycles. The summed E-state index contributed by atoms with van der Waals surface area (Å²) in [6.45, 7) is 0.0758. The summed E-state index contributed by atoms with van der Waals surface area (Å²) in [6.07, 6.45) is 8.00. The highest BCUT2D eigenvalue weighted by atomic mass is 16.3. The topological polar surface area (TPSA) is 20.2 Å². The van der Waals surface area contributed by atoms with Crippen molar-refractivity contribution in [3.63, 3.8) is 0 Å². The predicted molar refractivity (Wildman–Crippen MR) is 74.7 cm³/mol. The molecule has 1 nitrogen and oxygen atoms in total. The first-order chi connectivity index (χ1) is 8.88. The van der Waals surface area contributed by atoms with Gasteiger partial charge in [-0.2, -0.15) is 0 Å². The number of rotatable bonds is 1. The van der Waals surface area contributed by atoms with Crippen LogP contribution in [0.4, 0.5) is 0 Å². The Balaban J connectivity index is 0.000000771. The standard InChI is InChI=1S/C15H12O.C2H2/c16-12-15-10-8-14(9-11-15)7-6-13-4-2-1-3-5-13;1-2/h1-5,8-11,16H,12H2;1-2H. The van der Waals surface area contributed by atoms with Gasteiger partial charge in [0.25, 0.3) is 0 Å². The highest BCUT2D eigenvalue weighted by Gasteiger charge is 1.89. The third-order valence-electron chi connectivity index (χ3n) is 2.26. The molecule has 0 saturated carbocycles. The zero-order chi connectivity index (χ0) is 13.2. The summed E-state index contributed by atoms with van der Waals surface area (Å²) in [7, 11) is 0. The van der Waals surface area contributed by atoms with E-state index in [0.29, 0.717) is 0 Å². The lowest BCUT2D eigenvalue weighted by Crippen LogP contribution is -1.82. The summed E-state index contributed by atoms with van der Waals surface area (Å²) in [4.78, 5) is 0. The van der Waals surface area contributed by atoms with Crippen molar-refractivity contribution in [2.24, 2.45) is 0 Å². The average molecular weight is 234 g/mol. The number of terminal acetylenes is 1. The van der Waals surface area contributed by atoms with Crippen LogP contribution in [0.15, 0.2) is 54.6 Å². The number of hydrogen-bond donors (Lipinski definition) is 1. The van der Waals surface area contributed by atoms with Gasteiger partial charge in [-0.05, 0) is 29.8 Å². The van der Waals surface area contributed by atoms with Gasteiger partial charge in [0.1, 0.15) is 0 Å². The first-order valence-electron chi connectivity index (χ1n) is 5.49. The Morgan fingerprint density at radius 2 is 1.28 bits per heavy atom. The van der Waals surface area contributed by atoms with E-state index in [0.717, 1.165) is 16.7 Å². The third kappa shape index (κ3) is 4.18. The monoisotopic (exact) mass is 234 g/mol. The van der Waals surface area contributed by atoms with Crippen molar-refractivity contribution in [1.82, 2.24) is 0 Å². The Morgan fingerprint density at radius 3 is 1.78 bits per heavy atom. The van der Waals surface area contributed by atoms with Crippen molar-refractivity contribution in [2.45, 2.75) is 6.61 Å². The molecule has 0 amide bonds. The molecular weight excluding hydrogens is 220 g/mol. The van der Waals surface area contributed by atoms with E-state index in [1.165, 1.54) is 0 Å². The second-order valence-corrected chi connectivity index (χ2v) is 3.47. The highest BCUT2D eigenvalue weighted by molar-refractivity contribution is 5.43. The largest absolute Gasteiger partial charge is 0.392 e. The molecule has 0 heterocycles. The summed E-state index contributed by atoms with van der Waals surface area (Å²) < 4.78 is 0. The van der Waals surface area contributed by atoms with Crippen LogP contribution < -0.4 is 0 Å². The quantitative estimate of drug-likeness (QED) is 0.752. The molecule has 88 valence electrons. The van der Waals surface area contributed by atoms with Crippen LogP contribution in [-0.4, -0.2) is 5.11 Å². The SMILES string of the molecule is C#C.OCc1ccc(C#Cc2ccccc2)cc1. The fourth-order valence-corrected chi connectivity index (χ4v) is 1.36. The van der Waals surface area contributed by atoms with E-state index >= 15 is 0 Å². The molecule has 2 rings (SSSR count). The molecule has 0 aliphatic heterocycles. The number of aliphatic hydroxyl groups is 1. The van der Waals surface area contributed by atoms with Crippen molar-refractivity contribution in [1.29, 1.82) is 0 Å². The molecule has 0 aliphatic carbocycles. The molecule has 0 fully saturated rings. The van der Waals surface area contributed by atoms with Crippen LogP contribution in [0.5, 0.6) is 0 Å². The molecule has 0 aromatic heterocycles. The van der Waals surface area contributed by atoms with E-state index in [9.17, 15) is 0 Å². The van der Waals surface area contributed by atoms with Crippen molar-refractivity contribution < 1.29 is 5.11 Å². The molecule has 1 N–H and O–H groups in total. The first-order valence-corrected chi connectivity index (χ1v) is 5.49. The lowest BCUT2D eigenvalue weighted by Gasteiger charge is -1.94. The molecule has 2 aromatic rings. The molecule has 0 radical (unpaired) electrons. The van der Waals surface area contributed by atoms with E-state index in [1.54, 1.807) is 0 Å². The fraction of sp³-hybridized carbons (Fsp3) is 0.0588. The second kappa shape index (κ2) is 7.74. The van der Waals surface area contributed by atoms with Gasteiger partial charge in [-0.3, -0.25) is 0 Å². The summed E-state index contributed by atoms with van der Waals surface area (Å²) in [6, 6.07) is 17.5. The van der Waals surface area contributed by atoms with Crippen LogP contribution >= 0.6 is 0 Å². The van der Waals surface area contributed by atoms with Gasteiger partial charge in [-0.1, -0.05) is 42.2 Å². The van der Waals surface area contributed by atoms with E-state index in [-0.39, 0.29) is 6.61 Å². The smallest absolute Gasteiger partial charge is 0.0681 e. The Bertz CT molecular complexity index is 539. The molecule has 0 aliphatic rings. The first kappa shape index (κ1) is 13.6. The molecule has 0 bridgehead atoms. The van der Waals surface area contributed by atoms with Gasteiger partial charge in [0, 0.05) is 11.1 Å². The maximum Gasteiger partial charge on any atom is 0.0681 e. The van der Waals surface area contributed by atoms with Crippen molar-refractivity contribution >= 4 is 0 Å². The number of hydrogen-bond acceptors (Lipinski definition) is 1. The Kier molecular flexibility index (Phi) is 5.84. The van der Waals surface area contributed by atoms with Gasteiger partial charge in [0.2, 0.25) is 0 Å². The molecule has 2 aromatic carbocycles.